The van der Waals surface area contributed by atoms with Crippen LogP contribution in [-0.2, 0) is 6.54 Å². The highest BCUT2D eigenvalue weighted by Gasteiger charge is 2.29. The summed E-state index contributed by atoms with van der Waals surface area (Å²) in [7, 11) is 0. The zero-order chi connectivity index (χ0) is 13.8. The van der Waals surface area contributed by atoms with E-state index in [9.17, 15) is 5.11 Å². The molecule has 0 spiro atoms. The van der Waals surface area contributed by atoms with Crippen LogP contribution in [-0.4, -0.2) is 17.8 Å². The minimum Gasteiger partial charge on any atom is -0.449 e. The van der Waals surface area contributed by atoms with Gasteiger partial charge in [-0.2, -0.15) is 5.26 Å². The SMILES string of the molecule is CC(C)C(O)C(C)(C)CNCc1ccc(C#N)o1. The highest BCUT2D eigenvalue weighted by Crippen LogP contribution is 2.25. The van der Waals surface area contributed by atoms with Gasteiger partial charge in [0.05, 0.1) is 12.6 Å². The van der Waals surface area contributed by atoms with E-state index in [1.807, 2.05) is 33.8 Å². The minimum atomic E-state index is -0.351. The van der Waals surface area contributed by atoms with E-state index >= 15 is 0 Å². The van der Waals surface area contributed by atoms with Gasteiger partial charge in [0.2, 0.25) is 5.76 Å². The predicted octanol–water partition coefficient (Wildman–Crippen LogP) is 2.28. The maximum absolute atomic E-state index is 10.1. The Morgan fingerprint density at radius 3 is 2.61 bits per heavy atom. The zero-order valence-corrected chi connectivity index (χ0v) is 11.5. The number of nitriles is 1. The van der Waals surface area contributed by atoms with E-state index in [1.165, 1.54) is 0 Å². The zero-order valence-electron chi connectivity index (χ0n) is 11.5. The van der Waals surface area contributed by atoms with Gasteiger partial charge in [-0.3, -0.25) is 0 Å². The lowest BCUT2D eigenvalue weighted by Crippen LogP contribution is -2.41. The Bertz CT molecular complexity index is 416. The van der Waals surface area contributed by atoms with Gasteiger partial charge in [0.1, 0.15) is 11.8 Å². The van der Waals surface area contributed by atoms with Gasteiger partial charge in [-0.25, -0.2) is 0 Å². The van der Waals surface area contributed by atoms with Crippen molar-refractivity contribution in [3.8, 4) is 6.07 Å². The maximum Gasteiger partial charge on any atom is 0.203 e. The average molecular weight is 250 g/mol. The third-order valence-electron chi connectivity index (χ3n) is 3.08. The number of rotatable bonds is 6. The Balaban J connectivity index is 2.44. The van der Waals surface area contributed by atoms with Crippen molar-refractivity contribution in [1.29, 1.82) is 5.26 Å². The maximum atomic E-state index is 10.1. The van der Waals surface area contributed by atoms with E-state index < -0.39 is 0 Å². The number of furan rings is 1. The number of nitrogens with one attached hydrogen (secondary N) is 1. The quantitative estimate of drug-likeness (QED) is 0.812. The van der Waals surface area contributed by atoms with E-state index in [2.05, 4.69) is 5.32 Å². The summed E-state index contributed by atoms with van der Waals surface area (Å²) in [6.07, 6.45) is -0.351. The van der Waals surface area contributed by atoms with Crippen molar-refractivity contribution in [2.24, 2.45) is 11.3 Å². The molecule has 0 aliphatic rings. The molecule has 0 amide bonds. The molecule has 0 aliphatic heterocycles. The second kappa shape index (κ2) is 6.03. The third kappa shape index (κ3) is 3.86. The summed E-state index contributed by atoms with van der Waals surface area (Å²) in [6, 6.07) is 5.40. The minimum absolute atomic E-state index is 0.196. The van der Waals surface area contributed by atoms with Crippen molar-refractivity contribution in [2.75, 3.05) is 6.54 Å². The summed E-state index contributed by atoms with van der Waals surface area (Å²) in [6.45, 7) is 9.35. The average Bonchev–Trinajstić information content (AvgIpc) is 2.75. The van der Waals surface area contributed by atoms with Crippen molar-refractivity contribution >= 4 is 0 Å². The molecular weight excluding hydrogens is 228 g/mol. The molecule has 1 atom stereocenters. The van der Waals surface area contributed by atoms with E-state index in [-0.39, 0.29) is 17.4 Å². The Morgan fingerprint density at radius 1 is 1.44 bits per heavy atom. The molecule has 1 aromatic rings. The lowest BCUT2D eigenvalue weighted by molar-refractivity contribution is 0.0132. The Labute approximate surface area is 109 Å². The molecule has 0 saturated heterocycles. The van der Waals surface area contributed by atoms with Crippen LogP contribution >= 0.6 is 0 Å². The van der Waals surface area contributed by atoms with Gasteiger partial charge in [0.15, 0.2) is 0 Å². The van der Waals surface area contributed by atoms with Crippen LogP contribution in [0.15, 0.2) is 16.5 Å². The van der Waals surface area contributed by atoms with Crippen LogP contribution in [0.5, 0.6) is 0 Å². The normalized spacial score (nSPS) is 13.6. The number of aliphatic hydroxyl groups excluding tert-OH is 1. The number of hydrogen-bond acceptors (Lipinski definition) is 4. The lowest BCUT2D eigenvalue weighted by atomic mass is 9.81. The molecule has 0 aliphatic carbocycles. The molecule has 4 nitrogen and oxygen atoms in total. The van der Waals surface area contributed by atoms with Crippen LogP contribution in [0, 0.1) is 22.7 Å². The van der Waals surface area contributed by atoms with Gasteiger partial charge in [0.25, 0.3) is 0 Å². The molecule has 100 valence electrons. The van der Waals surface area contributed by atoms with Gasteiger partial charge in [-0.1, -0.05) is 27.7 Å². The van der Waals surface area contributed by atoms with Crippen LogP contribution in [0.25, 0.3) is 0 Å². The molecule has 0 fully saturated rings. The fourth-order valence-electron chi connectivity index (χ4n) is 2.05. The fourth-order valence-corrected chi connectivity index (χ4v) is 2.05. The monoisotopic (exact) mass is 250 g/mol. The fraction of sp³-hybridized carbons (Fsp3) is 0.643. The van der Waals surface area contributed by atoms with Crippen LogP contribution < -0.4 is 5.32 Å². The Morgan fingerprint density at radius 2 is 2.11 bits per heavy atom. The molecule has 1 heterocycles. The van der Waals surface area contributed by atoms with Gasteiger partial charge < -0.3 is 14.8 Å². The summed E-state index contributed by atoms with van der Waals surface area (Å²) < 4.78 is 5.27. The molecular formula is C14H22N2O2. The smallest absolute Gasteiger partial charge is 0.203 e. The summed E-state index contributed by atoms with van der Waals surface area (Å²) in [5.41, 5.74) is -0.196. The third-order valence-corrected chi connectivity index (χ3v) is 3.08. The second-order valence-electron chi connectivity index (χ2n) is 5.66. The topological polar surface area (TPSA) is 69.2 Å². The summed E-state index contributed by atoms with van der Waals surface area (Å²) in [5.74, 6) is 1.30. The van der Waals surface area contributed by atoms with Crippen molar-refractivity contribution in [3.63, 3.8) is 0 Å². The number of hydrogen-bond donors (Lipinski definition) is 2. The molecule has 1 unspecified atom stereocenters. The Kier molecular flexibility index (Phi) is 4.94. The predicted molar refractivity (Wildman–Crippen MR) is 69.8 cm³/mol. The van der Waals surface area contributed by atoms with Crippen LogP contribution in [0.2, 0.25) is 0 Å². The highest BCUT2D eigenvalue weighted by molar-refractivity contribution is 5.18. The largest absolute Gasteiger partial charge is 0.449 e. The second-order valence-corrected chi connectivity index (χ2v) is 5.66. The molecule has 0 aromatic carbocycles. The first-order chi connectivity index (χ1) is 8.36. The first-order valence-corrected chi connectivity index (χ1v) is 6.24. The first-order valence-electron chi connectivity index (χ1n) is 6.24. The molecule has 1 aromatic heterocycles. The van der Waals surface area contributed by atoms with Crippen molar-refractivity contribution in [1.82, 2.24) is 5.32 Å². The summed E-state index contributed by atoms with van der Waals surface area (Å²) in [4.78, 5) is 0. The van der Waals surface area contributed by atoms with Gasteiger partial charge >= 0.3 is 0 Å². The molecule has 1 rings (SSSR count). The molecule has 0 bridgehead atoms. The van der Waals surface area contributed by atoms with Crippen LogP contribution in [0.1, 0.15) is 39.2 Å². The van der Waals surface area contributed by atoms with Crippen molar-refractivity contribution in [3.05, 3.63) is 23.7 Å². The molecule has 4 heteroatoms. The van der Waals surface area contributed by atoms with Gasteiger partial charge in [0, 0.05) is 12.0 Å². The summed E-state index contributed by atoms with van der Waals surface area (Å²) >= 11 is 0. The highest BCUT2D eigenvalue weighted by atomic mass is 16.3. The van der Waals surface area contributed by atoms with E-state index in [0.717, 1.165) is 5.76 Å². The Hall–Kier alpha value is -1.31. The molecule has 18 heavy (non-hydrogen) atoms. The van der Waals surface area contributed by atoms with Crippen molar-refractivity contribution in [2.45, 2.75) is 40.3 Å². The molecule has 2 N–H and O–H groups in total. The van der Waals surface area contributed by atoms with E-state index in [0.29, 0.717) is 18.8 Å². The lowest BCUT2D eigenvalue weighted by Gasteiger charge is -2.33. The van der Waals surface area contributed by atoms with Crippen LogP contribution in [0.3, 0.4) is 0 Å². The van der Waals surface area contributed by atoms with E-state index in [4.69, 9.17) is 9.68 Å². The van der Waals surface area contributed by atoms with Crippen molar-refractivity contribution < 1.29 is 9.52 Å². The molecule has 0 radical (unpaired) electrons. The molecule has 0 saturated carbocycles. The first kappa shape index (κ1) is 14.7. The number of nitrogens with zero attached hydrogens (tertiary/aromatic N) is 1. The summed E-state index contributed by atoms with van der Waals surface area (Å²) in [5, 5.41) is 22.0. The standard InChI is InChI=1S/C14H22N2O2/c1-10(2)13(17)14(3,4)9-16-8-12-6-5-11(7-15)18-12/h5-6,10,13,16-17H,8-9H2,1-4H3. The number of aliphatic hydroxyl groups is 1. The van der Waals surface area contributed by atoms with E-state index in [1.54, 1.807) is 12.1 Å². The van der Waals surface area contributed by atoms with Crippen LogP contribution in [0.4, 0.5) is 0 Å². The van der Waals surface area contributed by atoms with Gasteiger partial charge in [-0.05, 0) is 18.1 Å². The van der Waals surface area contributed by atoms with Gasteiger partial charge in [-0.15, -0.1) is 0 Å².